The smallest absolute Gasteiger partial charge is 0.00292 e. The molecule has 0 aromatic carbocycles. The van der Waals surface area contributed by atoms with Gasteiger partial charge in [-0.2, -0.15) is 0 Å². The Morgan fingerprint density at radius 1 is 1.33 bits per heavy atom. The predicted octanol–water partition coefficient (Wildman–Crippen LogP) is 2.96. The molecule has 0 amide bonds. The Balaban J connectivity index is 2.53. The van der Waals surface area contributed by atoms with Gasteiger partial charge in [-0.15, -0.1) is 0 Å². The summed E-state index contributed by atoms with van der Waals surface area (Å²) in [5.41, 5.74) is 0.410. The molecule has 0 nitrogen and oxygen atoms in total. The summed E-state index contributed by atoms with van der Waals surface area (Å²) in [5, 5.41) is 0. The van der Waals surface area contributed by atoms with Crippen LogP contribution in [-0.2, 0) is 0 Å². The monoisotopic (exact) mass is 123 g/mol. The maximum atomic E-state index is 2.28. The highest BCUT2D eigenvalue weighted by atomic mass is 14.3. The highest BCUT2D eigenvalue weighted by Crippen LogP contribution is 2.36. The number of hydrogen-bond donors (Lipinski definition) is 0. The van der Waals surface area contributed by atoms with E-state index in [1.54, 1.807) is 5.92 Å². The molecule has 0 N–H and O–H groups in total. The van der Waals surface area contributed by atoms with Crippen LogP contribution in [0.25, 0.3) is 0 Å². The summed E-state index contributed by atoms with van der Waals surface area (Å²) in [5.74, 6) is 1.60. The summed E-state index contributed by atoms with van der Waals surface area (Å²) in [4.78, 5) is 0. The van der Waals surface area contributed by atoms with Gasteiger partial charge in [-0.1, -0.05) is 32.9 Å². The maximum Gasteiger partial charge on any atom is 0.00292 e. The quantitative estimate of drug-likeness (QED) is 0.464. The fourth-order valence-electron chi connectivity index (χ4n) is 1.17. The second-order valence-electron chi connectivity index (χ2n) is 3.72. The van der Waals surface area contributed by atoms with E-state index in [4.69, 9.17) is 0 Å². The number of rotatable bonds is 0. The lowest BCUT2D eigenvalue weighted by Crippen LogP contribution is -2.13. The topological polar surface area (TPSA) is 0 Å². The third kappa shape index (κ3) is 1.57. The molecule has 1 radical (unpaired) electrons. The van der Waals surface area contributed by atoms with Gasteiger partial charge < -0.3 is 0 Å². The summed E-state index contributed by atoms with van der Waals surface area (Å²) >= 11 is 0. The van der Waals surface area contributed by atoms with Crippen molar-refractivity contribution in [1.82, 2.24) is 0 Å². The van der Waals surface area contributed by atoms with Crippen molar-refractivity contribution >= 4 is 0 Å². The molecular weight excluding hydrogens is 108 g/mol. The first-order valence-corrected chi connectivity index (χ1v) is 3.63. The van der Waals surface area contributed by atoms with Crippen LogP contribution in [0.2, 0.25) is 0 Å². The minimum atomic E-state index is 0.410. The van der Waals surface area contributed by atoms with E-state index in [2.05, 4.69) is 32.9 Å². The number of allylic oxidation sites excluding steroid dienone is 2. The maximum absolute atomic E-state index is 2.28. The normalized spacial score (nSPS) is 21.2. The van der Waals surface area contributed by atoms with Crippen molar-refractivity contribution in [2.45, 2.75) is 33.6 Å². The van der Waals surface area contributed by atoms with Crippen LogP contribution in [0.3, 0.4) is 0 Å². The lowest BCUT2D eigenvalue weighted by Gasteiger charge is -2.24. The van der Waals surface area contributed by atoms with E-state index >= 15 is 0 Å². The zero-order chi connectivity index (χ0) is 6.91. The van der Waals surface area contributed by atoms with Crippen molar-refractivity contribution < 1.29 is 0 Å². The molecule has 0 aromatic heterocycles. The van der Waals surface area contributed by atoms with Gasteiger partial charge in [-0.05, 0) is 18.3 Å². The molecule has 9 heavy (non-hydrogen) atoms. The molecular formula is C9H15. The second kappa shape index (κ2) is 2.17. The molecule has 0 saturated carbocycles. The van der Waals surface area contributed by atoms with Crippen molar-refractivity contribution in [2.24, 2.45) is 5.41 Å². The molecule has 0 aliphatic heterocycles. The first-order chi connectivity index (χ1) is 4.11. The molecule has 0 aromatic rings. The molecule has 51 valence electrons. The average Bonchev–Trinajstić information content (AvgIpc) is 2.08. The van der Waals surface area contributed by atoms with E-state index in [0.29, 0.717) is 5.41 Å². The van der Waals surface area contributed by atoms with E-state index in [1.807, 2.05) is 0 Å². The summed E-state index contributed by atoms with van der Waals surface area (Å²) < 4.78 is 0. The zero-order valence-corrected chi connectivity index (χ0v) is 6.57. The largest absolute Gasteiger partial charge is 0.0879 e. The van der Waals surface area contributed by atoms with E-state index < -0.39 is 0 Å². The van der Waals surface area contributed by atoms with Gasteiger partial charge in [0.15, 0.2) is 0 Å². The molecule has 1 aliphatic rings. The van der Waals surface area contributed by atoms with Crippen LogP contribution in [-0.4, -0.2) is 0 Å². The Bertz CT molecular complexity index is 114. The lowest BCUT2D eigenvalue weighted by molar-refractivity contribution is 0.439. The third-order valence-electron chi connectivity index (χ3n) is 1.86. The van der Waals surface area contributed by atoms with Crippen LogP contribution in [0.4, 0.5) is 0 Å². The molecule has 0 saturated heterocycles. The Morgan fingerprint density at radius 3 is 2.22 bits per heavy atom. The average molecular weight is 123 g/mol. The van der Waals surface area contributed by atoms with E-state index in [9.17, 15) is 0 Å². The van der Waals surface area contributed by atoms with Crippen LogP contribution in [0.15, 0.2) is 12.2 Å². The molecule has 0 spiro atoms. The van der Waals surface area contributed by atoms with E-state index in [1.165, 1.54) is 12.8 Å². The van der Waals surface area contributed by atoms with Gasteiger partial charge in [0, 0.05) is 5.92 Å². The molecule has 1 rings (SSSR count). The van der Waals surface area contributed by atoms with E-state index in [-0.39, 0.29) is 0 Å². The first-order valence-electron chi connectivity index (χ1n) is 3.63. The predicted molar refractivity (Wildman–Crippen MR) is 41.1 cm³/mol. The van der Waals surface area contributed by atoms with Crippen molar-refractivity contribution in [2.75, 3.05) is 0 Å². The van der Waals surface area contributed by atoms with Gasteiger partial charge in [0.05, 0.1) is 0 Å². The van der Waals surface area contributed by atoms with Crippen molar-refractivity contribution in [3.63, 3.8) is 0 Å². The molecule has 0 fully saturated rings. The van der Waals surface area contributed by atoms with Crippen molar-refractivity contribution in [3.8, 4) is 0 Å². The summed E-state index contributed by atoms with van der Waals surface area (Å²) in [6.07, 6.45) is 7.08. The summed E-state index contributed by atoms with van der Waals surface area (Å²) in [6.45, 7) is 6.83. The van der Waals surface area contributed by atoms with Crippen LogP contribution < -0.4 is 0 Å². The minimum absolute atomic E-state index is 0.410. The molecule has 0 heteroatoms. The Morgan fingerprint density at radius 2 is 2.00 bits per heavy atom. The number of hydrogen-bond acceptors (Lipinski definition) is 0. The first kappa shape index (κ1) is 6.85. The highest BCUT2D eigenvalue weighted by Gasteiger charge is 2.23. The van der Waals surface area contributed by atoms with Crippen LogP contribution >= 0.6 is 0 Å². The van der Waals surface area contributed by atoms with Gasteiger partial charge in [-0.3, -0.25) is 0 Å². The van der Waals surface area contributed by atoms with Crippen LogP contribution in [0, 0.1) is 11.3 Å². The lowest BCUT2D eigenvalue weighted by atomic mass is 9.81. The Labute approximate surface area is 58.0 Å². The highest BCUT2D eigenvalue weighted by molar-refractivity contribution is 5.21. The van der Waals surface area contributed by atoms with Crippen LogP contribution in [0.5, 0.6) is 0 Å². The zero-order valence-electron chi connectivity index (χ0n) is 6.57. The molecule has 0 heterocycles. The second-order valence-corrected chi connectivity index (χ2v) is 3.72. The third-order valence-corrected chi connectivity index (χ3v) is 1.86. The summed E-state index contributed by atoms with van der Waals surface area (Å²) in [6, 6.07) is 0. The molecule has 0 atom stereocenters. The molecule has 0 bridgehead atoms. The van der Waals surface area contributed by atoms with Crippen molar-refractivity contribution in [1.29, 1.82) is 0 Å². The van der Waals surface area contributed by atoms with Gasteiger partial charge >= 0.3 is 0 Å². The molecule has 1 aliphatic carbocycles. The Hall–Kier alpha value is -0.260. The van der Waals surface area contributed by atoms with Gasteiger partial charge in [0.1, 0.15) is 0 Å². The Kier molecular flexibility index (Phi) is 1.65. The van der Waals surface area contributed by atoms with Crippen LogP contribution in [0.1, 0.15) is 33.6 Å². The molecule has 0 unspecified atom stereocenters. The SMILES string of the molecule is CC(C)(C)[C]1C=CCC1. The van der Waals surface area contributed by atoms with E-state index in [0.717, 1.165) is 0 Å². The standard InChI is InChI=1S/C9H15/c1-9(2,3)8-6-4-5-7-8/h4,6H,5,7H2,1-3H3. The van der Waals surface area contributed by atoms with Gasteiger partial charge in [-0.25, -0.2) is 0 Å². The summed E-state index contributed by atoms with van der Waals surface area (Å²) in [7, 11) is 0. The van der Waals surface area contributed by atoms with Crippen molar-refractivity contribution in [3.05, 3.63) is 18.1 Å². The minimum Gasteiger partial charge on any atom is -0.0879 e. The van der Waals surface area contributed by atoms with Gasteiger partial charge in [0.25, 0.3) is 0 Å². The fourth-order valence-corrected chi connectivity index (χ4v) is 1.17. The fraction of sp³-hybridized carbons (Fsp3) is 0.667. The van der Waals surface area contributed by atoms with Gasteiger partial charge in [0.2, 0.25) is 0 Å².